The molecule has 0 saturated carbocycles. The number of fused-ring (bicyclic) bond motifs is 9. The molecule has 2 heteroatoms. The van der Waals surface area contributed by atoms with Gasteiger partial charge >= 0.3 is 0 Å². The van der Waals surface area contributed by atoms with E-state index in [1.165, 1.54) is 210 Å². The van der Waals surface area contributed by atoms with E-state index < -0.39 is 10.8 Å². The Morgan fingerprint density at radius 2 is 0.645 bits per heavy atom. The second-order valence-electron chi connectivity index (χ2n) is 34.5. The molecule has 602 valence electrons. The molecule has 2 nitrogen and oxygen atoms in total. The minimum atomic E-state index is -0.740. The van der Waals surface area contributed by atoms with Crippen molar-refractivity contribution in [1.29, 1.82) is 0 Å². The van der Waals surface area contributed by atoms with Gasteiger partial charge < -0.3 is 9.80 Å². The third-order valence-electron chi connectivity index (χ3n) is 26.9. The van der Waals surface area contributed by atoms with Gasteiger partial charge in [-0.05, 0) is 286 Å². The molecule has 0 fully saturated rings. The predicted molar refractivity (Wildman–Crippen MR) is 526 cm³/mol. The predicted octanol–water partition coefficient (Wildman–Crippen LogP) is 31.2. The number of nitrogens with zero attached hydrogens (tertiary/aromatic N) is 2. The van der Waals surface area contributed by atoms with E-state index in [-0.39, 0.29) is 0 Å². The van der Waals surface area contributed by atoms with Crippen molar-refractivity contribution in [3.63, 3.8) is 0 Å². The Labute approximate surface area is 732 Å². The van der Waals surface area contributed by atoms with Gasteiger partial charge in [0.05, 0.1) is 10.8 Å². The van der Waals surface area contributed by atoms with Crippen molar-refractivity contribution in [3.8, 4) is 44.5 Å². The third-order valence-corrected chi connectivity index (χ3v) is 26.9. The number of anilines is 6. The van der Waals surface area contributed by atoms with Gasteiger partial charge in [-0.1, -0.05) is 397 Å². The van der Waals surface area contributed by atoms with Gasteiger partial charge in [-0.2, -0.15) is 0 Å². The largest absolute Gasteiger partial charge is 0.311 e. The van der Waals surface area contributed by atoms with Crippen LogP contribution >= 0.6 is 0 Å². The molecular formula is C122H104N2. The zero-order valence-corrected chi connectivity index (χ0v) is 71.9. The lowest BCUT2D eigenvalue weighted by atomic mass is 9.63. The SMILES string of the molecule is C/C=C\C=C1/CC(c2ccc(C3(c4cccc(C5(c6ccc(-c7c8ccccc8c(-c8ccc(N(c9ccccc9)c9ccccc9)cc8)c8ccccc78)cc6)c6cc(C)ccc6-c6ccc(CCCCCC)cc65)c4)c4cc(C)ccc4-c4ccc(CCCCCC)cc43)cc2)=c2ccccc2=C1c1ccc(N(c2ccccc2)c2ccccc2)cc1. The maximum absolute atomic E-state index is 2.69. The van der Waals surface area contributed by atoms with Crippen LogP contribution in [0.15, 0.2) is 412 Å². The van der Waals surface area contributed by atoms with Crippen LogP contribution in [0.25, 0.3) is 77.2 Å². The number of benzene rings is 17. The first kappa shape index (κ1) is 78.6. The van der Waals surface area contributed by atoms with Gasteiger partial charge in [-0.15, -0.1) is 0 Å². The molecule has 0 saturated heterocycles. The van der Waals surface area contributed by atoms with E-state index in [0.29, 0.717) is 0 Å². The van der Waals surface area contributed by atoms with Crippen molar-refractivity contribution in [2.75, 3.05) is 9.80 Å². The topological polar surface area (TPSA) is 6.48 Å². The Morgan fingerprint density at radius 1 is 0.290 bits per heavy atom. The summed E-state index contributed by atoms with van der Waals surface area (Å²) < 4.78 is 0. The van der Waals surface area contributed by atoms with E-state index in [0.717, 1.165) is 66.2 Å². The summed E-state index contributed by atoms with van der Waals surface area (Å²) in [6, 6.07) is 149. The molecule has 17 aromatic rings. The Morgan fingerprint density at radius 3 is 1.06 bits per heavy atom. The van der Waals surface area contributed by atoms with Crippen molar-refractivity contribution >= 4 is 66.8 Å². The molecule has 0 bridgehead atoms. The molecule has 20 rings (SSSR count). The summed E-state index contributed by atoms with van der Waals surface area (Å²) in [5, 5.41) is 7.44. The van der Waals surface area contributed by atoms with E-state index in [9.17, 15) is 0 Å². The molecule has 0 spiro atoms. The third kappa shape index (κ3) is 14.0. The van der Waals surface area contributed by atoms with Gasteiger partial charge in [-0.25, -0.2) is 0 Å². The first-order chi connectivity index (χ1) is 61.2. The van der Waals surface area contributed by atoms with Gasteiger partial charge in [-0.3, -0.25) is 0 Å². The molecule has 17 aromatic carbocycles. The van der Waals surface area contributed by atoms with E-state index in [1.54, 1.807) is 0 Å². The summed E-state index contributed by atoms with van der Waals surface area (Å²) in [4.78, 5) is 4.69. The fourth-order valence-electron chi connectivity index (χ4n) is 21.1. The molecule has 0 aliphatic heterocycles. The number of allylic oxidation sites excluding steroid dienone is 4. The monoisotopic (exact) mass is 1600 g/mol. The highest BCUT2D eigenvalue weighted by atomic mass is 15.1. The van der Waals surface area contributed by atoms with Crippen LogP contribution in [0.2, 0.25) is 0 Å². The maximum atomic E-state index is 2.69. The summed E-state index contributed by atoms with van der Waals surface area (Å²) in [6.45, 7) is 11.4. The maximum Gasteiger partial charge on any atom is 0.0713 e. The number of aryl methyl sites for hydroxylation is 4. The number of hydrogen-bond acceptors (Lipinski definition) is 2. The van der Waals surface area contributed by atoms with E-state index in [4.69, 9.17) is 0 Å². The second-order valence-corrected chi connectivity index (χ2v) is 34.5. The Kier molecular flexibility index (Phi) is 21.7. The minimum Gasteiger partial charge on any atom is -0.311 e. The lowest BCUT2D eigenvalue weighted by Crippen LogP contribution is -2.34. The number of hydrogen-bond donors (Lipinski definition) is 0. The molecule has 0 amide bonds. The molecule has 2 unspecified atom stereocenters. The summed E-state index contributed by atoms with van der Waals surface area (Å²) in [5.41, 5.74) is 37.3. The van der Waals surface area contributed by atoms with Crippen LogP contribution in [-0.4, -0.2) is 0 Å². The first-order valence-electron chi connectivity index (χ1n) is 45.1. The normalized spacial score (nSPS) is 15.3. The van der Waals surface area contributed by atoms with Crippen LogP contribution in [0.5, 0.6) is 0 Å². The first-order valence-corrected chi connectivity index (χ1v) is 45.1. The van der Waals surface area contributed by atoms with Gasteiger partial charge in [0.1, 0.15) is 0 Å². The lowest BCUT2D eigenvalue weighted by Gasteiger charge is -2.38. The smallest absolute Gasteiger partial charge is 0.0713 e. The molecule has 0 radical (unpaired) electrons. The molecular weight excluding hydrogens is 1490 g/mol. The highest BCUT2D eigenvalue weighted by Crippen LogP contribution is 2.61. The van der Waals surface area contributed by atoms with Gasteiger partial charge in [0.25, 0.3) is 0 Å². The van der Waals surface area contributed by atoms with Gasteiger partial charge in [0.15, 0.2) is 0 Å². The van der Waals surface area contributed by atoms with Crippen molar-refractivity contribution in [3.05, 3.63) is 500 Å². The molecule has 124 heavy (non-hydrogen) atoms. The zero-order chi connectivity index (χ0) is 83.7. The summed E-state index contributed by atoms with van der Waals surface area (Å²) in [5.74, 6) is 0. The van der Waals surface area contributed by atoms with Gasteiger partial charge in [0, 0.05) is 34.1 Å². The van der Waals surface area contributed by atoms with Crippen molar-refractivity contribution in [1.82, 2.24) is 0 Å². The Bertz CT molecular complexity index is 6880. The van der Waals surface area contributed by atoms with Crippen LogP contribution in [0, 0.1) is 13.8 Å². The second kappa shape index (κ2) is 34.2. The van der Waals surface area contributed by atoms with E-state index >= 15 is 0 Å². The van der Waals surface area contributed by atoms with Crippen molar-refractivity contribution < 1.29 is 0 Å². The van der Waals surface area contributed by atoms with Gasteiger partial charge in [0.2, 0.25) is 0 Å². The highest BCUT2D eigenvalue weighted by molar-refractivity contribution is 6.21. The van der Waals surface area contributed by atoms with Crippen LogP contribution < -0.4 is 20.2 Å². The van der Waals surface area contributed by atoms with Crippen LogP contribution in [0.4, 0.5) is 34.1 Å². The average Bonchev–Trinajstić information content (AvgIpc) is 1.52. The van der Waals surface area contributed by atoms with E-state index in [1.807, 2.05) is 0 Å². The number of rotatable bonds is 25. The molecule has 0 aromatic heterocycles. The van der Waals surface area contributed by atoms with Crippen LogP contribution in [-0.2, 0) is 23.7 Å². The molecule has 0 heterocycles. The molecule has 3 aliphatic carbocycles. The van der Waals surface area contributed by atoms with Crippen LogP contribution in [0.1, 0.15) is 156 Å². The Balaban J connectivity index is 0.765. The Hall–Kier alpha value is -13.9. The summed E-state index contributed by atoms with van der Waals surface area (Å²) in [7, 11) is 0. The molecule has 2 atom stereocenters. The van der Waals surface area contributed by atoms with Crippen LogP contribution in [0.3, 0.4) is 0 Å². The van der Waals surface area contributed by atoms with Crippen molar-refractivity contribution in [2.24, 2.45) is 0 Å². The summed E-state index contributed by atoms with van der Waals surface area (Å²) in [6.07, 6.45) is 19.2. The fraction of sp³-hybridized carbons (Fsp3) is 0.148. The minimum absolute atomic E-state index is 0.732. The summed E-state index contributed by atoms with van der Waals surface area (Å²) >= 11 is 0. The standard InChI is InChI=1S/C122H104N2/c1-6-9-12-18-35-86-56-76-106-104-74-54-84(4)78-114(104)121(116(106)80-86,93-66-58-88(59-67-93)113-82-92(37-11-8-3)118(108-49-29-28-48-103(108)113)89-62-70-101(71-63-89)123(97-40-20-14-21-41-97)98-42-22-15-23-43-98)95-38-34-39-96(83-95)122(115-79-85(5)55-75-105(115)107-77-57-87(81-117(107)122)36-19-13-10-7-2)94-68-60-90(61-69-94)119-109-50-30-32-52-111(109)120(112-53-33-31-51-110(112)119)91-64-72-102(73-65-91)124(99-44-24-16-25-45-99)100-46-26-17-27-47-100/h8,11,14-17,20-34,37-81,83H,6-7,9-10,12-13,18-19,35-36,82H2,1-5H3/b11-8-,92-37+. The van der Waals surface area contributed by atoms with Crippen molar-refractivity contribution in [2.45, 2.75) is 116 Å². The quantitative estimate of drug-likeness (QED) is 0.0416. The number of para-hydroxylation sites is 4. The lowest BCUT2D eigenvalue weighted by molar-refractivity contribution is 0.665. The van der Waals surface area contributed by atoms with E-state index in [2.05, 4.69) is 451 Å². The molecule has 0 N–H and O–H groups in total. The highest BCUT2D eigenvalue weighted by Gasteiger charge is 2.50. The molecule has 3 aliphatic rings. The zero-order valence-electron chi connectivity index (χ0n) is 71.9. The average molecular weight is 1600 g/mol. The number of unbranched alkanes of at least 4 members (excludes halogenated alkanes) is 6. The fourth-order valence-corrected chi connectivity index (χ4v) is 21.1.